The van der Waals surface area contributed by atoms with Crippen molar-refractivity contribution in [1.82, 2.24) is 0 Å². The predicted octanol–water partition coefficient (Wildman–Crippen LogP) is 2.30. The van der Waals surface area contributed by atoms with Gasteiger partial charge in [-0.2, -0.15) is 13.2 Å². The van der Waals surface area contributed by atoms with Crippen LogP contribution in [0.1, 0.15) is 0 Å². The summed E-state index contributed by atoms with van der Waals surface area (Å²) in [6, 6.07) is 6.04. The summed E-state index contributed by atoms with van der Waals surface area (Å²) < 4.78 is 43.5. The highest BCUT2D eigenvalue weighted by molar-refractivity contribution is 14.1. The van der Waals surface area contributed by atoms with E-state index in [-0.39, 0.29) is 5.69 Å². The first-order valence-corrected chi connectivity index (χ1v) is 7.13. The third-order valence-corrected chi connectivity index (χ3v) is 3.87. The molecule has 1 aromatic carbocycles. The van der Waals surface area contributed by atoms with Gasteiger partial charge < -0.3 is 15.2 Å². The second kappa shape index (κ2) is 7.01. The molecular formula is C12H10ClF3INO4. The maximum atomic E-state index is 12.9. The van der Waals surface area contributed by atoms with Crippen LogP contribution in [0, 0.1) is 3.57 Å². The summed E-state index contributed by atoms with van der Waals surface area (Å²) in [7, 11) is 0.639. The van der Waals surface area contributed by atoms with Gasteiger partial charge in [0.25, 0.3) is 5.60 Å². The quantitative estimate of drug-likeness (QED) is 0.419. The number of benzene rings is 1. The van der Waals surface area contributed by atoms with Gasteiger partial charge in [0.15, 0.2) is 5.38 Å². The number of alkyl halides is 4. The summed E-state index contributed by atoms with van der Waals surface area (Å²) >= 11 is 7.39. The molecule has 22 heavy (non-hydrogen) atoms. The molecule has 0 aliphatic rings. The normalized spacial score (nSPS) is 15.6. The van der Waals surface area contributed by atoms with Gasteiger partial charge in [0.1, 0.15) is 0 Å². The fraction of sp³-hybridized carbons (Fsp3) is 0.333. The van der Waals surface area contributed by atoms with Gasteiger partial charge >= 0.3 is 12.1 Å². The Bertz CT molecular complexity index is 566. The number of carbonyl (C=O) groups is 2. The lowest BCUT2D eigenvalue weighted by Crippen LogP contribution is -2.62. The van der Waals surface area contributed by atoms with Crippen LogP contribution in [0.3, 0.4) is 0 Å². The molecule has 122 valence electrons. The highest BCUT2D eigenvalue weighted by atomic mass is 127. The third-order valence-electron chi connectivity index (χ3n) is 2.64. The van der Waals surface area contributed by atoms with E-state index in [0.29, 0.717) is 7.11 Å². The molecule has 1 aromatic rings. The van der Waals surface area contributed by atoms with E-state index in [0.717, 1.165) is 3.57 Å². The fourth-order valence-electron chi connectivity index (χ4n) is 1.45. The molecule has 0 radical (unpaired) electrons. The van der Waals surface area contributed by atoms with E-state index < -0.39 is 29.0 Å². The Hall–Kier alpha value is -1.07. The van der Waals surface area contributed by atoms with Crippen LogP contribution in [0.2, 0.25) is 0 Å². The Kier molecular flexibility index (Phi) is 6.04. The highest BCUT2D eigenvalue weighted by Gasteiger charge is 2.67. The molecule has 0 heterocycles. The van der Waals surface area contributed by atoms with Gasteiger partial charge in [-0.05, 0) is 46.9 Å². The number of methoxy groups -OCH3 is 1. The van der Waals surface area contributed by atoms with Gasteiger partial charge in [-0.1, -0.05) is 0 Å². The molecule has 0 fully saturated rings. The zero-order valence-electron chi connectivity index (χ0n) is 10.9. The standard InChI is InChI=1S/C12H10ClF3INO4/c1-22-10(20)11(21,12(14,15)16)8(13)9(19)18-7-4-2-6(17)3-5-7/h2-5,8,21H,1H3,(H,18,19)/t8-,11-/m1/s1. The zero-order valence-corrected chi connectivity index (χ0v) is 13.9. The largest absolute Gasteiger partial charge is 0.467 e. The molecule has 0 spiro atoms. The number of amides is 1. The van der Waals surface area contributed by atoms with Crippen molar-refractivity contribution in [3.05, 3.63) is 27.8 Å². The van der Waals surface area contributed by atoms with Crippen molar-refractivity contribution in [2.75, 3.05) is 12.4 Å². The van der Waals surface area contributed by atoms with Crippen LogP contribution in [0.15, 0.2) is 24.3 Å². The molecule has 2 atom stereocenters. The summed E-state index contributed by atoms with van der Waals surface area (Å²) in [6.07, 6.45) is -5.49. The number of hydrogen-bond acceptors (Lipinski definition) is 4. The lowest BCUT2D eigenvalue weighted by Gasteiger charge is -2.30. The molecule has 1 rings (SSSR count). The van der Waals surface area contributed by atoms with Crippen molar-refractivity contribution in [2.24, 2.45) is 0 Å². The van der Waals surface area contributed by atoms with Crippen LogP contribution in [-0.2, 0) is 14.3 Å². The van der Waals surface area contributed by atoms with Crippen molar-refractivity contribution >= 4 is 51.8 Å². The van der Waals surface area contributed by atoms with Crippen LogP contribution < -0.4 is 5.32 Å². The molecule has 0 aliphatic heterocycles. The minimum absolute atomic E-state index is 0.158. The van der Waals surface area contributed by atoms with Gasteiger partial charge in [0, 0.05) is 9.26 Å². The summed E-state index contributed by atoms with van der Waals surface area (Å²) in [6.45, 7) is 0. The zero-order chi connectivity index (χ0) is 17.1. The molecule has 0 aliphatic carbocycles. The molecule has 0 unspecified atom stereocenters. The Morgan fingerprint density at radius 3 is 2.23 bits per heavy atom. The van der Waals surface area contributed by atoms with E-state index in [1.165, 1.54) is 12.1 Å². The van der Waals surface area contributed by atoms with Crippen molar-refractivity contribution in [3.63, 3.8) is 0 Å². The SMILES string of the molecule is COC(=O)[C@](O)([C@H](Cl)C(=O)Nc1ccc(I)cc1)C(F)(F)F. The monoisotopic (exact) mass is 451 g/mol. The third kappa shape index (κ3) is 3.82. The van der Waals surface area contributed by atoms with Crippen molar-refractivity contribution in [3.8, 4) is 0 Å². The van der Waals surface area contributed by atoms with E-state index in [1.54, 1.807) is 12.1 Å². The first-order chi connectivity index (χ1) is 10.0. The molecule has 0 bridgehead atoms. The number of aliphatic hydroxyl groups is 1. The Labute approximate surface area is 141 Å². The highest BCUT2D eigenvalue weighted by Crippen LogP contribution is 2.37. The summed E-state index contributed by atoms with van der Waals surface area (Å²) in [5.74, 6) is -3.47. The van der Waals surface area contributed by atoms with Crippen molar-refractivity contribution < 1.29 is 32.6 Å². The molecule has 0 saturated heterocycles. The van der Waals surface area contributed by atoms with Gasteiger partial charge in [-0.3, -0.25) is 4.79 Å². The summed E-state index contributed by atoms with van der Waals surface area (Å²) in [4.78, 5) is 23.1. The average Bonchev–Trinajstić information content (AvgIpc) is 2.45. The van der Waals surface area contributed by atoms with Gasteiger partial charge in [0.05, 0.1) is 7.11 Å². The molecule has 1 amide bonds. The molecule has 0 aromatic heterocycles. The predicted molar refractivity (Wildman–Crippen MR) is 80.5 cm³/mol. The number of esters is 1. The van der Waals surface area contributed by atoms with Crippen LogP contribution >= 0.6 is 34.2 Å². The lowest BCUT2D eigenvalue weighted by molar-refractivity contribution is -0.260. The van der Waals surface area contributed by atoms with Crippen LogP contribution in [0.4, 0.5) is 18.9 Å². The topological polar surface area (TPSA) is 75.6 Å². The molecule has 5 nitrogen and oxygen atoms in total. The van der Waals surface area contributed by atoms with E-state index >= 15 is 0 Å². The van der Waals surface area contributed by atoms with Gasteiger partial charge in [-0.15, -0.1) is 11.6 Å². The number of anilines is 1. The molecule has 10 heteroatoms. The first kappa shape index (κ1) is 19.0. The van der Waals surface area contributed by atoms with E-state index in [2.05, 4.69) is 10.1 Å². The van der Waals surface area contributed by atoms with Gasteiger partial charge in [0.2, 0.25) is 5.91 Å². The Morgan fingerprint density at radius 1 is 1.32 bits per heavy atom. The Balaban J connectivity index is 3.04. The molecule has 0 saturated carbocycles. The first-order valence-electron chi connectivity index (χ1n) is 5.62. The maximum Gasteiger partial charge on any atom is 0.430 e. The van der Waals surface area contributed by atoms with E-state index in [4.69, 9.17) is 11.6 Å². The number of ether oxygens (including phenoxy) is 1. The van der Waals surface area contributed by atoms with Crippen LogP contribution in [0.25, 0.3) is 0 Å². The number of nitrogens with one attached hydrogen (secondary N) is 1. The molecule has 2 N–H and O–H groups in total. The van der Waals surface area contributed by atoms with Crippen molar-refractivity contribution in [2.45, 2.75) is 17.2 Å². The minimum Gasteiger partial charge on any atom is -0.467 e. The van der Waals surface area contributed by atoms with E-state index in [9.17, 15) is 27.9 Å². The van der Waals surface area contributed by atoms with Gasteiger partial charge in [-0.25, -0.2) is 4.79 Å². The maximum absolute atomic E-state index is 12.9. The second-order valence-electron chi connectivity index (χ2n) is 4.11. The Morgan fingerprint density at radius 2 is 1.82 bits per heavy atom. The number of halogens is 5. The van der Waals surface area contributed by atoms with E-state index in [1.807, 2.05) is 22.6 Å². The minimum atomic E-state index is -5.49. The lowest BCUT2D eigenvalue weighted by atomic mass is 9.98. The van der Waals surface area contributed by atoms with Crippen LogP contribution in [-0.4, -0.2) is 41.2 Å². The smallest absolute Gasteiger partial charge is 0.430 e. The summed E-state index contributed by atoms with van der Waals surface area (Å²) in [5, 5.41) is 9.04. The fourth-order valence-corrected chi connectivity index (χ4v) is 2.07. The molecular weight excluding hydrogens is 441 g/mol. The summed E-state index contributed by atoms with van der Waals surface area (Å²) in [5.41, 5.74) is -4.00. The van der Waals surface area contributed by atoms with Crippen molar-refractivity contribution in [1.29, 1.82) is 0 Å². The number of hydrogen-bond donors (Lipinski definition) is 2. The van der Waals surface area contributed by atoms with Crippen LogP contribution in [0.5, 0.6) is 0 Å². The second-order valence-corrected chi connectivity index (χ2v) is 5.80. The number of carbonyl (C=O) groups excluding carboxylic acids is 2. The average molecular weight is 452 g/mol. The number of rotatable bonds is 4.